The Bertz CT molecular complexity index is 822. The minimum atomic E-state index is -0.289. The number of nitrogens with one attached hydrogen (secondary N) is 1. The summed E-state index contributed by atoms with van der Waals surface area (Å²) in [5, 5.41) is 2.78. The zero-order valence-electron chi connectivity index (χ0n) is 16.7. The molecule has 1 N–H and O–H groups in total. The number of carbonyl (C=O) groups excluding carboxylic acids is 2. The van der Waals surface area contributed by atoms with Gasteiger partial charge in [-0.3, -0.25) is 9.59 Å². The second-order valence-corrected chi connectivity index (χ2v) is 6.12. The van der Waals surface area contributed by atoms with Crippen molar-refractivity contribution in [3.8, 4) is 17.2 Å². The van der Waals surface area contributed by atoms with Crippen LogP contribution in [-0.2, 0) is 16.0 Å². The van der Waals surface area contributed by atoms with E-state index in [0.717, 1.165) is 11.3 Å². The van der Waals surface area contributed by atoms with E-state index in [1.54, 1.807) is 32.4 Å². The fourth-order valence-electron chi connectivity index (χ4n) is 2.80. The van der Waals surface area contributed by atoms with E-state index in [1.807, 2.05) is 24.3 Å². The summed E-state index contributed by atoms with van der Waals surface area (Å²) < 4.78 is 15.8. The molecule has 0 aromatic heterocycles. The number of anilines is 1. The molecule has 0 aliphatic rings. The summed E-state index contributed by atoms with van der Waals surface area (Å²) in [6.45, 7) is 1.82. The number of benzene rings is 2. The Morgan fingerprint density at radius 1 is 0.929 bits per heavy atom. The summed E-state index contributed by atoms with van der Waals surface area (Å²) in [6.07, 6.45) is 0.591. The van der Waals surface area contributed by atoms with Crippen LogP contribution in [0.25, 0.3) is 0 Å². The zero-order valence-corrected chi connectivity index (χ0v) is 16.7. The van der Waals surface area contributed by atoms with E-state index in [9.17, 15) is 9.59 Å². The van der Waals surface area contributed by atoms with E-state index in [2.05, 4.69) is 5.32 Å². The maximum absolute atomic E-state index is 12.4. The lowest BCUT2D eigenvalue weighted by Gasteiger charge is -2.21. The molecule has 7 heteroatoms. The molecule has 0 fully saturated rings. The first-order valence-electron chi connectivity index (χ1n) is 8.87. The predicted octanol–water partition coefficient (Wildman–Crippen LogP) is 2.74. The van der Waals surface area contributed by atoms with Gasteiger partial charge in [-0.2, -0.15) is 0 Å². The fraction of sp³-hybridized carbons (Fsp3) is 0.333. The summed E-state index contributed by atoms with van der Waals surface area (Å²) in [5.41, 5.74) is 1.55. The van der Waals surface area contributed by atoms with Crippen LogP contribution in [0.3, 0.4) is 0 Å². The van der Waals surface area contributed by atoms with Gasteiger partial charge in [0.05, 0.1) is 27.9 Å². The highest BCUT2D eigenvalue weighted by Crippen LogP contribution is 2.29. The topological polar surface area (TPSA) is 77.1 Å². The van der Waals surface area contributed by atoms with Gasteiger partial charge in [-0.05, 0) is 30.2 Å². The van der Waals surface area contributed by atoms with Gasteiger partial charge in [-0.1, -0.05) is 18.2 Å². The van der Waals surface area contributed by atoms with Gasteiger partial charge in [0.25, 0.3) is 0 Å². The Morgan fingerprint density at radius 2 is 1.61 bits per heavy atom. The molecule has 7 nitrogen and oxygen atoms in total. The molecule has 0 bridgehead atoms. The van der Waals surface area contributed by atoms with Crippen molar-refractivity contribution in [1.29, 1.82) is 0 Å². The molecule has 2 aromatic carbocycles. The molecule has 28 heavy (non-hydrogen) atoms. The lowest BCUT2D eigenvalue weighted by molar-refractivity contribution is -0.132. The van der Waals surface area contributed by atoms with Gasteiger partial charge in [0, 0.05) is 25.2 Å². The van der Waals surface area contributed by atoms with Crippen molar-refractivity contribution < 1.29 is 23.8 Å². The lowest BCUT2D eigenvalue weighted by Crippen LogP contribution is -2.38. The number of amides is 2. The minimum Gasteiger partial charge on any atom is -0.496 e. The van der Waals surface area contributed by atoms with Gasteiger partial charge in [0.2, 0.25) is 11.8 Å². The fourth-order valence-corrected chi connectivity index (χ4v) is 2.80. The monoisotopic (exact) mass is 386 g/mol. The number of hydrogen-bond donors (Lipinski definition) is 1. The van der Waals surface area contributed by atoms with Crippen molar-refractivity contribution in [2.24, 2.45) is 0 Å². The van der Waals surface area contributed by atoms with Crippen LogP contribution < -0.4 is 19.5 Å². The number of ether oxygens (including phenoxy) is 3. The van der Waals surface area contributed by atoms with E-state index in [4.69, 9.17) is 14.2 Å². The second kappa shape index (κ2) is 10.2. The Balaban J connectivity index is 2.00. The molecule has 0 saturated heterocycles. The number of carbonyl (C=O) groups is 2. The largest absolute Gasteiger partial charge is 0.496 e. The molecule has 2 rings (SSSR count). The highest BCUT2D eigenvalue weighted by Gasteiger charge is 2.15. The maximum atomic E-state index is 12.4. The van der Waals surface area contributed by atoms with Gasteiger partial charge in [-0.15, -0.1) is 0 Å². The summed E-state index contributed by atoms with van der Waals surface area (Å²) in [5.74, 6) is 1.39. The normalized spacial score (nSPS) is 10.1. The third kappa shape index (κ3) is 5.64. The van der Waals surface area contributed by atoms with Crippen LogP contribution in [0.2, 0.25) is 0 Å². The van der Waals surface area contributed by atoms with Crippen LogP contribution in [0.5, 0.6) is 17.2 Å². The van der Waals surface area contributed by atoms with Crippen LogP contribution in [0.4, 0.5) is 5.69 Å². The standard InChI is InChI=1S/C21H26N2O5/c1-15(24)23(12-11-16-7-5-6-8-18(16)26-2)14-21(25)22-17-9-10-19(27-3)20(13-17)28-4/h5-10,13H,11-12,14H2,1-4H3,(H,22,25). The van der Waals surface area contributed by atoms with Crippen LogP contribution in [0.15, 0.2) is 42.5 Å². The molecule has 0 aliphatic heterocycles. The minimum absolute atomic E-state index is 0.0428. The van der Waals surface area contributed by atoms with Crippen molar-refractivity contribution in [1.82, 2.24) is 4.90 Å². The first kappa shape index (κ1) is 21.1. The Hall–Kier alpha value is -3.22. The number of nitrogens with zero attached hydrogens (tertiary/aromatic N) is 1. The predicted molar refractivity (Wildman–Crippen MR) is 107 cm³/mol. The van der Waals surface area contributed by atoms with E-state index in [1.165, 1.54) is 18.9 Å². The molecule has 2 aromatic rings. The molecule has 0 aliphatic carbocycles. The molecule has 0 saturated carbocycles. The molecular formula is C21H26N2O5. The van der Waals surface area contributed by atoms with Crippen molar-refractivity contribution in [2.45, 2.75) is 13.3 Å². The molecule has 2 amide bonds. The van der Waals surface area contributed by atoms with Gasteiger partial charge in [0.15, 0.2) is 11.5 Å². The Kier molecular flexibility index (Phi) is 7.68. The third-order valence-electron chi connectivity index (χ3n) is 4.29. The SMILES string of the molecule is COc1ccccc1CCN(CC(=O)Nc1ccc(OC)c(OC)c1)C(C)=O. The molecule has 0 heterocycles. The quantitative estimate of drug-likeness (QED) is 0.717. The summed E-state index contributed by atoms with van der Waals surface area (Å²) in [6, 6.07) is 12.7. The van der Waals surface area contributed by atoms with Gasteiger partial charge >= 0.3 is 0 Å². The second-order valence-electron chi connectivity index (χ2n) is 6.12. The van der Waals surface area contributed by atoms with Crippen molar-refractivity contribution >= 4 is 17.5 Å². The number of methoxy groups -OCH3 is 3. The van der Waals surface area contributed by atoms with Crippen LogP contribution in [0.1, 0.15) is 12.5 Å². The zero-order chi connectivity index (χ0) is 20.5. The summed E-state index contributed by atoms with van der Waals surface area (Å²) in [7, 11) is 4.68. The van der Waals surface area contributed by atoms with Gasteiger partial charge in [0.1, 0.15) is 5.75 Å². The average molecular weight is 386 g/mol. The van der Waals surface area contributed by atoms with Crippen LogP contribution in [0, 0.1) is 0 Å². The number of rotatable bonds is 9. The molecular weight excluding hydrogens is 360 g/mol. The molecule has 0 spiro atoms. The smallest absolute Gasteiger partial charge is 0.243 e. The lowest BCUT2D eigenvalue weighted by atomic mass is 10.1. The van der Waals surface area contributed by atoms with Crippen LogP contribution in [-0.4, -0.2) is 51.1 Å². The summed E-state index contributed by atoms with van der Waals surface area (Å²) >= 11 is 0. The molecule has 0 unspecified atom stereocenters. The first-order chi connectivity index (χ1) is 13.5. The van der Waals surface area contributed by atoms with Crippen molar-refractivity contribution in [3.63, 3.8) is 0 Å². The Labute approximate surface area is 165 Å². The molecule has 0 radical (unpaired) electrons. The van der Waals surface area contributed by atoms with E-state index < -0.39 is 0 Å². The molecule has 150 valence electrons. The average Bonchev–Trinajstić information content (AvgIpc) is 2.70. The van der Waals surface area contributed by atoms with Gasteiger partial charge < -0.3 is 24.4 Å². The first-order valence-corrected chi connectivity index (χ1v) is 8.87. The third-order valence-corrected chi connectivity index (χ3v) is 4.29. The van der Waals surface area contributed by atoms with Gasteiger partial charge in [-0.25, -0.2) is 0 Å². The van der Waals surface area contributed by atoms with Crippen molar-refractivity contribution in [2.75, 3.05) is 39.7 Å². The number of para-hydroxylation sites is 1. The van der Waals surface area contributed by atoms with Crippen LogP contribution >= 0.6 is 0 Å². The van der Waals surface area contributed by atoms with Crippen molar-refractivity contribution in [3.05, 3.63) is 48.0 Å². The maximum Gasteiger partial charge on any atom is 0.243 e. The highest BCUT2D eigenvalue weighted by atomic mass is 16.5. The van der Waals surface area contributed by atoms with E-state index in [-0.39, 0.29) is 18.4 Å². The highest BCUT2D eigenvalue weighted by molar-refractivity contribution is 5.94. The Morgan fingerprint density at radius 3 is 2.25 bits per heavy atom. The van der Waals surface area contributed by atoms with E-state index in [0.29, 0.717) is 30.2 Å². The summed E-state index contributed by atoms with van der Waals surface area (Å²) in [4.78, 5) is 25.9. The number of hydrogen-bond acceptors (Lipinski definition) is 5. The van der Waals surface area contributed by atoms with E-state index >= 15 is 0 Å². The molecule has 0 atom stereocenters.